The number of carbonyl (C=O) groups is 1. The number of nitrogens with zero attached hydrogens (tertiary/aromatic N) is 2. The number of benzene rings is 1. The number of aromatic hydroxyl groups is 1. The van der Waals surface area contributed by atoms with Crippen LogP contribution in [-0.2, 0) is 22.0 Å². The number of piperidine rings is 2. The predicted molar refractivity (Wildman–Crippen MR) is 189 cm³/mol. The molecule has 0 aliphatic carbocycles. The maximum atomic E-state index is 14.4. The molecule has 2 aliphatic rings. The van der Waals surface area contributed by atoms with Crippen LogP contribution >= 0.6 is 0 Å². The molecule has 7 nitrogen and oxygen atoms in total. The van der Waals surface area contributed by atoms with Crippen molar-refractivity contribution < 1.29 is 25.2 Å². The number of carboxylic acids is 1. The number of aliphatic hydroxyl groups excluding tert-OH is 2. The minimum atomic E-state index is -1.08. The van der Waals surface area contributed by atoms with E-state index in [9.17, 15) is 25.2 Å². The van der Waals surface area contributed by atoms with Crippen molar-refractivity contribution in [1.82, 2.24) is 9.80 Å². The molecule has 0 radical (unpaired) electrons. The molecular weight excluding hydrogens is 576 g/mol. The summed E-state index contributed by atoms with van der Waals surface area (Å²) in [6.45, 7) is 31.5. The van der Waals surface area contributed by atoms with Gasteiger partial charge in [-0.1, -0.05) is 53.7 Å². The average molecular weight is 645 g/mol. The Morgan fingerprint density at radius 3 is 1.24 bits per heavy atom. The molecule has 264 valence electrons. The van der Waals surface area contributed by atoms with Crippen LogP contribution in [0.25, 0.3) is 0 Å². The molecule has 2 heterocycles. The van der Waals surface area contributed by atoms with Crippen LogP contribution in [0.4, 0.5) is 0 Å². The number of aliphatic carboxylic acids is 1. The number of hydrogen-bond acceptors (Lipinski definition) is 6. The molecule has 2 saturated heterocycles. The van der Waals surface area contributed by atoms with Crippen molar-refractivity contribution in [2.75, 3.05) is 26.3 Å². The van der Waals surface area contributed by atoms with E-state index >= 15 is 0 Å². The number of likely N-dealkylation sites (tertiary alicyclic amines) is 2. The Kier molecular flexibility index (Phi) is 10.7. The lowest BCUT2D eigenvalue weighted by Gasteiger charge is -2.62. The molecule has 2 fully saturated rings. The number of β-amino-alcohol motifs (C(OH)–C–C–N with tert-alkyl or cyclic N) is 2. The normalized spacial score (nSPS) is 23.0. The standard InChI is InChI=1S/C39H68N2O5/c1-33(2,3)29-19-26(20-30(31(29)44)34(4,5)6)21-39(32(45)46,27-22-35(7,8)40(15-17-42)36(9,10)23-27)28-24-37(11,12)41(16-18-43)38(13,14)25-28/h19-20,27-28,42-44H,15-18,21-25H2,1-14H3,(H,45,46). The lowest BCUT2D eigenvalue weighted by atomic mass is 9.51. The Bertz CT molecular complexity index is 1130. The second-order valence-electron chi connectivity index (χ2n) is 19.3. The molecule has 0 atom stereocenters. The van der Waals surface area contributed by atoms with E-state index in [0.29, 0.717) is 50.9 Å². The van der Waals surface area contributed by atoms with Crippen molar-refractivity contribution in [1.29, 1.82) is 0 Å². The zero-order valence-electron chi connectivity index (χ0n) is 31.8. The van der Waals surface area contributed by atoms with E-state index in [0.717, 1.165) is 16.7 Å². The molecule has 46 heavy (non-hydrogen) atoms. The quantitative estimate of drug-likeness (QED) is 0.227. The number of phenols is 1. The first-order chi connectivity index (χ1) is 20.7. The largest absolute Gasteiger partial charge is 0.507 e. The fourth-order valence-electron chi connectivity index (χ4n) is 10.1. The molecule has 1 aromatic rings. The highest BCUT2D eigenvalue weighted by atomic mass is 16.4. The van der Waals surface area contributed by atoms with Crippen molar-refractivity contribution in [3.63, 3.8) is 0 Å². The molecule has 0 amide bonds. The molecule has 4 N–H and O–H groups in total. The van der Waals surface area contributed by atoms with Crippen LogP contribution in [0.5, 0.6) is 5.75 Å². The number of hydrogen-bond donors (Lipinski definition) is 4. The van der Waals surface area contributed by atoms with E-state index in [1.165, 1.54) is 0 Å². The number of phenolic OH excluding ortho intramolecular Hbond substituents is 1. The number of aliphatic hydroxyl groups is 2. The monoisotopic (exact) mass is 645 g/mol. The predicted octanol–water partition coefficient (Wildman–Crippen LogP) is 7.12. The molecule has 0 spiro atoms. The first-order valence-corrected chi connectivity index (χ1v) is 17.5. The summed E-state index contributed by atoms with van der Waals surface area (Å²) in [7, 11) is 0. The Hall–Kier alpha value is -1.67. The van der Waals surface area contributed by atoms with Gasteiger partial charge in [0.15, 0.2) is 0 Å². The summed E-state index contributed by atoms with van der Waals surface area (Å²) >= 11 is 0. The van der Waals surface area contributed by atoms with Crippen LogP contribution in [0.1, 0.15) is 139 Å². The molecule has 3 rings (SSSR count). The summed E-state index contributed by atoms with van der Waals surface area (Å²) in [5.41, 5.74) is -0.339. The number of rotatable bonds is 9. The highest BCUT2D eigenvalue weighted by Crippen LogP contribution is 2.58. The van der Waals surface area contributed by atoms with E-state index in [2.05, 4.69) is 119 Å². The second-order valence-corrected chi connectivity index (χ2v) is 19.3. The third kappa shape index (κ3) is 7.33. The van der Waals surface area contributed by atoms with Crippen LogP contribution in [0, 0.1) is 17.3 Å². The third-order valence-electron chi connectivity index (χ3n) is 11.7. The van der Waals surface area contributed by atoms with Crippen LogP contribution in [-0.4, -0.2) is 84.7 Å². The smallest absolute Gasteiger partial charge is 0.310 e. The van der Waals surface area contributed by atoms with Crippen molar-refractivity contribution in [2.24, 2.45) is 17.3 Å². The third-order valence-corrected chi connectivity index (χ3v) is 11.7. The van der Waals surface area contributed by atoms with E-state index < -0.39 is 11.4 Å². The van der Waals surface area contributed by atoms with Gasteiger partial charge in [-0.3, -0.25) is 14.6 Å². The number of carboxylic acid groups (broad SMARTS) is 1. The molecule has 0 aromatic heterocycles. The fourth-order valence-corrected chi connectivity index (χ4v) is 10.1. The summed E-state index contributed by atoms with van der Waals surface area (Å²) in [6.07, 6.45) is 3.20. The van der Waals surface area contributed by atoms with Crippen molar-refractivity contribution in [3.8, 4) is 5.75 Å². The van der Waals surface area contributed by atoms with E-state index in [1.54, 1.807) is 0 Å². The van der Waals surface area contributed by atoms with Crippen LogP contribution in [0.15, 0.2) is 12.1 Å². The second kappa shape index (κ2) is 12.7. The Morgan fingerprint density at radius 1 is 0.696 bits per heavy atom. The molecule has 1 aromatic carbocycles. The van der Waals surface area contributed by atoms with Gasteiger partial charge in [-0.15, -0.1) is 0 Å². The first kappa shape index (κ1) is 38.8. The summed E-state index contributed by atoms with van der Waals surface area (Å²) in [5, 5.41) is 43.3. The Balaban J connectivity index is 2.36. The summed E-state index contributed by atoms with van der Waals surface area (Å²) < 4.78 is 0. The van der Waals surface area contributed by atoms with Crippen molar-refractivity contribution in [2.45, 2.75) is 162 Å². The minimum absolute atomic E-state index is 0.0615. The van der Waals surface area contributed by atoms with Gasteiger partial charge in [-0.2, -0.15) is 0 Å². The SMILES string of the molecule is CC(C)(C)c1cc(CC(C(=O)O)(C2CC(C)(C)N(CCO)C(C)(C)C2)C2CC(C)(C)N(CCO)C(C)(C)C2)cc(C(C)(C)C)c1O. The average Bonchev–Trinajstić information content (AvgIpc) is 2.85. The van der Waals surface area contributed by atoms with Gasteiger partial charge >= 0.3 is 5.97 Å². The Morgan fingerprint density at radius 2 is 1.00 bits per heavy atom. The lowest BCUT2D eigenvalue weighted by molar-refractivity contribution is -0.178. The van der Waals surface area contributed by atoms with E-state index in [-0.39, 0.29) is 58.0 Å². The van der Waals surface area contributed by atoms with Gasteiger partial charge in [0.1, 0.15) is 5.75 Å². The molecule has 7 heteroatoms. The highest BCUT2D eigenvalue weighted by Gasteiger charge is 2.61. The lowest BCUT2D eigenvalue weighted by Crippen LogP contribution is -2.68. The van der Waals surface area contributed by atoms with Gasteiger partial charge in [0.05, 0.1) is 18.6 Å². The fraction of sp³-hybridized carbons (Fsp3) is 0.821. The van der Waals surface area contributed by atoms with Gasteiger partial charge in [0.25, 0.3) is 0 Å². The van der Waals surface area contributed by atoms with Crippen LogP contribution in [0.3, 0.4) is 0 Å². The van der Waals surface area contributed by atoms with Gasteiger partial charge in [0, 0.05) is 35.2 Å². The summed E-state index contributed by atoms with van der Waals surface area (Å²) in [5.74, 6) is -0.690. The van der Waals surface area contributed by atoms with Crippen molar-refractivity contribution in [3.05, 3.63) is 28.8 Å². The summed E-state index contributed by atoms with van der Waals surface area (Å²) in [6, 6.07) is 4.16. The molecule has 2 aliphatic heterocycles. The van der Waals surface area contributed by atoms with Gasteiger partial charge in [-0.05, 0) is 127 Å². The molecule has 0 bridgehead atoms. The highest BCUT2D eigenvalue weighted by molar-refractivity contribution is 5.76. The Labute approximate surface area is 280 Å². The first-order valence-electron chi connectivity index (χ1n) is 17.5. The van der Waals surface area contributed by atoms with Crippen molar-refractivity contribution >= 4 is 5.97 Å². The zero-order chi connectivity index (χ0) is 35.5. The van der Waals surface area contributed by atoms with Gasteiger partial charge in [0.2, 0.25) is 0 Å². The van der Waals surface area contributed by atoms with E-state index in [1.807, 2.05) is 0 Å². The maximum Gasteiger partial charge on any atom is 0.310 e. The van der Waals surface area contributed by atoms with Crippen LogP contribution < -0.4 is 0 Å². The van der Waals surface area contributed by atoms with Crippen LogP contribution in [0.2, 0.25) is 0 Å². The van der Waals surface area contributed by atoms with Gasteiger partial charge in [-0.25, -0.2) is 0 Å². The minimum Gasteiger partial charge on any atom is -0.507 e. The molecule has 0 saturated carbocycles. The van der Waals surface area contributed by atoms with Gasteiger partial charge < -0.3 is 20.4 Å². The maximum absolute atomic E-state index is 14.4. The zero-order valence-corrected chi connectivity index (χ0v) is 31.8. The topological polar surface area (TPSA) is 104 Å². The molecular formula is C39H68N2O5. The molecule has 0 unspecified atom stereocenters. The van der Waals surface area contributed by atoms with E-state index in [4.69, 9.17) is 0 Å². The summed E-state index contributed by atoms with van der Waals surface area (Å²) in [4.78, 5) is 19.1.